The van der Waals surface area contributed by atoms with Gasteiger partial charge in [-0.3, -0.25) is 9.69 Å². The van der Waals surface area contributed by atoms with Gasteiger partial charge in [-0.25, -0.2) is 0 Å². The third kappa shape index (κ3) is 4.16. The second kappa shape index (κ2) is 6.68. The van der Waals surface area contributed by atoms with Gasteiger partial charge >= 0.3 is 0 Å². The van der Waals surface area contributed by atoms with Crippen molar-refractivity contribution in [3.8, 4) is 0 Å². The quantitative estimate of drug-likeness (QED) is 0.660. The zero-order valence-corrected chi connectivity index (χ0v) is 11.7. The van der Waals surface area contributed by atoms with Crippen LogP contribution in [0, 0.1) is 5.41 Å². The van der Waals surface area contributed by atoms with Crippen molar-refractivity contribution in [1.29, 1.82) is 0 Å². The molecule has 110 valence electrons. The molecule has 4 N–H and O–H groups in total. The van der Waals surface area contributed by atoms with Crippen LogP contribution in [0.5, 0.6) is 0 Å². The van der Waals surface area contributed by atoms with Crippen LogP contribution < -0.4 is 11.1 Å². The van der Waals surface area contributed by atoms with Crippen LogP contribution in [0.1, 0.15) is 38.5 Å². The van der Waals surface area contributed by atoms with Gasteiger partial charge in [-0.1, -0.05) is 12.8 Å². The highest BCUT2D eigenvalue weighted by atomic mass is 16.3. The molecular formula is C14H27N3O2. The van der Waals surface area contributed by atoms with Crippen molar-refractivity contribution in [1.82, 2.24) is 10.2 Å². The van der Waals surface area contributed by atoms with E-state index in [1.807, 2.05) is 0 Å². The smallest absolute Gasteiger partial charge is 0.234 e. The Labute approximate surface area is 115 Å². The van der Waals surface area contributed by atoms with Crippen LogP contribution in [0.3, 0.4) is 0 Å². The molecule has 1 saturated heterocycles. The van der Waals surface area contributed by atoms with Gasteiger partial charge in [0.05, 0.1) is 13.2 Å². The molecule has 0 aromatic carbocycles. The van der Waals surface area contributed by atoms with Crippen LogP contribution in [0.4, 0.5) is 0 Å². The molecule has 0 radical (unpaired) electrons. The van der Waals surface area contributed by atoms with Crippen LogP contribution in [0.15, 0.2) is 0 Å². The Morgan fingerprint density at radius 3 is 2.53 bits per heavy atom. The molecule has 0 spiro atoms. The second-order valence-electron chi connectivity index (χ2n) is 6.26. The Morgan fingerprint density at radius 1 is 1.32 bits per heavy atom. The number of rotatable bonds is 5. The van der Waals surface area contributed by atoms with Crippen LogP contribution in [-0.2, 0) is 4.79 Å². The third-order valence-electron chi connectivity index (χ3n) is 4.66. The second-order valence-corrected chi connectivity index (χ2v) is 6.26. The van der Waals surface area contributed by atoms with E-state index in [4.69, 9.17) is 5.73 Å². The fourth-order valence-corrected chi connectivity index (χ4v) is 3.17. The molecule has 0 unspecified atom stereocenters. The molecule has 0 atom stereocenters. The van der Waals surface area contributed by atoms with Crippen LogP contribution in [-0.4, -0.2) is 54.7 Å². The maximum absolute atomic E-state index is 11.9. The Morgan fingerprint density at radius 2 is 1.95 bits per heavy atom. The number of carbonyl (C=O) groups excluding carboxylic acids is 1. The van der Waals surface area contributed by atoms with E-state index in [2.05, 4.69) is 10.2 Å². The number of aliphatic hydroxyl groups is 1. The van der Waals surface area contributed by atoms with Gasteiger partial charge in [0, 0.05) is 31.1 Å². The average Bonchev–Trinajstić information content (AvgIpc) is 2.89. The molecule has 2 fully saturated rings. The number of piperidine rings is 1. The normalized spacial score (nSPS) is 24.5. The first-order valence-corrected chi connectivity index (χ1v) is 7.49. The Bertz CT molecular complexity index is 295. The summed E-state index contributed by atoms with van der Waals surface area (Å²) in [6.45, 7) is 3.11. The van der Waals surface area contributed by atoms with E-state index in [-0.39, 0.29) is 17.9 Å². The van der Waals surface area contributed by atoms with Crippen molar-refractivity contribution in [2.75, 3.05) is 32.8 Å². The first-order valence-electron chi connectivity index (χ1n) is 7.49. The lowest BCUT2D eigenvalue weighted by Crippen LogP contribution is -2.46. The minimum absolute atomic E-state index is 0.0556. The van der Waals surface area contributed by atoms with Gasteiger partial charge in [-0.05, 0) is 25.7 Å². The lowest BCUT2D eigenvalue weighted by atomic mass is 9.87. The van der Waals surface area contributed by atoms with Crippen LogP contribution in [0.2, 0.25) is 0 Å². The Balaban J connectivity index is 1.69. The summed E-state index contributed by atoms with van der Waals surface area (Å²) in [5.74, 6) is 0.0789. The maximum Gasteiger partial charge on any atom is 0.234 e. The fraction of sp³-hybridized carbons (Fsp3) is 0.929. The fourth-order valence-electron chi connectivity index (χ4n) is 3.17. The summed E-state index contributed by atoms with van der Waals surface area (Å²) in [5.41, 5.74) is 5.79. The highest BCUT2D eigenvalue weighted by Crippen LogP contribution is 2.36. The minimum Gasteiger partial charge on any atom is -0.396 e. The number of nitrogens with two attached hydrogens (primary N) is 1. The van der Waals surface area contributed by atoms with Gasteiger partial charge < -0.3 is 16.2 Å². The molecule has 1 saturated carbocycles. The summed E-state index contributed by atoms with van der Waals surface area (Å²) >= 11 is 0. The van der Waals surface area contributed by atoms with E-state index in [0.717, 1.165) is 38.8 Å². The Kier molecular flexibility index (Phi) is 5.19. The number of nitrogens with one attached hydrogen (secondary N) is 1. The first-order chi connectivity index (χ1) is 9.13. The number of nitrogens with zero attached hydrogens (tertiary/aromatic N) is 1. The summed E-state index contributed by atoms with van der Waals surface area (Å²) in [6.07, 6.45) is 6.35. The van der Waals surface area contributed by atoms with E-state index < -0.39 is 0 Å². The third-order valence-corrected chi connectivity index (χ3v) is 4.66. The lowest BCUT2D eigenvalue weighted by molar-refractivity contribution is -0.123. The van der Waals surface area contributed by atoms with Crippen LogP contribution in [0.25, 0.3) is 0 Å². The zero-order valence-electron chi connectivity index (χ0n) is 11.7. The zero-order chi connectivity index (χ0) is 13.7. The highest BCUT2D eigenvalue weighted by Gasteiger charge is 2.33. The van der Waals surface area contributed by atoms with Crippen molar-refractivity contribution < 1.29 is 9.90 Å². The van der Waals surface area contributed by atoms with Gasteiger partial charge in [0.15, 0.2) is 0 Å². The molecule has 0 bridgehead atoms. The standard InChI is InChI=1S/C14H27N3O2/c15-12-3-7-17(8-4-12)9-13(19)16-10-14(11-18)5-1-2-6-14/h12,18H,1-11,15H2,(H,16,19). The van der Waals surface area contributed by atoms with Crippen LogP contribution >= 0.6 is 0 Å². The van der Waals surface area contributed by atoms with Gasteiger partial charge in [0.2, 0.25) is 5.91 Å². The SMILES string of the molecule is NC1CCN(CC(=O)NCC2(CO)CCCC2)CC1. The summed E-state index contributed by atoms with van der Waals surface area (Å²) in [4.78, 5) is 14.1. The molecule has 0 aromatic heterocycles. The predicted molar refractivity (Wildman–Crippen MR) is 74.6 cm³/mol. The van der Waals surface area contributed by atoms with Crippen molar-refractivity contribution in [2.45, 2.75) is 44.6 Å². The summed E-state index contributed by atoms with van der Waals surface area (Å²) < 4.78 is 0. The molecule has 0 aromatic rings. The number of carbonyl (C=O) groups is 1. The van der Waals surface area contributed by atoms with Gasteiger partial charge in [-0.2, -0.15) is 0 Å². The molecular weight excluding hydrogens is 242 g/mol. The van der Waals surface area contributed by atoms with E-state index >= 15 is 0 Å². The monoisotopic (exact) mass is 269 g/mol. The molecule has 1 heterocycles. The molecule has 5 heteroatoms. The molecule has 1 aliphatic heterocycles. The minimum atomic E-state index is -0.0556. The average molecular weight is 269 g/mol. The summed E-state index contributed by atoms with van der Waals surface area (Å²) in [6, 6.07) is 0.301. The number of likely N-dealkylation sites (tertiary alicyclic amines) is 1. The van der Waals surface area contributed by atoms with Crippen molar-refractivity contribution in [3.05, 3.63) is 0 Å². The Hall–Kier alpha value is -0.650. The maximum atomic E-state index is 11.9. The van der Waals surface area contributed by atoms with Gasteiger partial charge in [0.1, 0.15) is 0 Å². The summed E-state index contributed by atoms with van der Waals surface area (Å²) in [5, 5.41) is 12.5. The van der Waals surface area contributed by atoms with E-state index in [9.17, 15) is 9.90 Å². The van der Waals surface area contributed by atoms with Crippen molar-refractivity contribution in [2.24, 2.45) is 11.1 Å². The molecule has 2 rings (SSSR count). The van der Waals surface area contributed by atoms with Gasteiger partial charge in [-0.15, -0.1) is 0 Å². The summed E-state index contributed by atoms with van der Waals surface area (Å²) in [7, 11) is 0. The number of hydrogen-bond acceptors (Lipinski definition) is 4. The number of aliphatic hydroxyl groups excluding tert-OH is 1. The molecule has 2 aliphatic rings. The predicted octanol–water partition coefficient (Wildman–Crippen LogP) is 0.0784. The highest BCUT2D eigenvalue weighted by molar-refractivity contribution is 5.78. The molecule has 5 nitrogen and oxygen atoms in total. The molecule has 1 aliphatic carbocycles. The van der Waals surface area contributed by atoms with Gasteiger partial charge in [0.25, 0.3) is 0 Å². The topological polar surface area (TPSA) is 78.6 Å². The van der Waals surface area contributed by atoms with E-state index in [0.29, 0.717) is 19.1 Å². The first kappa shape index (κ1) is 14.8. The van der Waals surface area contributed by atoms with E-state index in [1.54, 1.807) is 0 Å². The van der Waals surface area contributed by atoms with E-state index in [1.165, 1.54) is 12.8 Å². The number of amides is 1. The molecule has 19 heavy (non-hydrogen) atoms. The lowest BCUT2D eigenvalue weighted by Gasteiger charge is -2.30. The van der Waals surface area contributed by atoms with Crippen molar-refractivity contribution >= 4 is 5.91 Å². The largest absolute Gasteiger partial charge is 0.396 e. The van der Waals surface area contributed by atoms with Crippen molar-refractivity contribution in [3.63, 3.8) is 0 Å². The molecule has 1 amide bonds. The number of hydrogen-bond donors (Lipinski definition) is 3.